The molecule has 0 radical (unpaired) electrons. The van der Waals surface area contributed by atoms with Crippen molar-refractivity contribution in [2.24, 2.45) is 46.4 Å². The Labute approximate surface area is 718 Å². The first-order chi connectivity index (χ1) is 58.7. The first-order valence-corrected chi connectivity index (χ1v) is 40.5. The molecule has 30 N–H and O–H groups in total. The molecule has 4 rings (SSSR count). The molecule has 46 nitrogen and oxygen atoms in total. The average molecular weight is 1760 g/mol. The number of benzene rings is 2. The third-order valence-corrected chi connectivity index (χ3v) is 19.9. The Hall–Kier alpha value is -12.8. The summed E-state index contributed by atoms with van der Waals surface area (Å²) in [6.07, 6.45) is -6.31. The number of aliphatic hydroxyl groups excluding tert-OH is 3. The van der Waals surface area contributed by atoms with Crippen LogP contribution in [0.25, 0.3) is 10.9 Å². The molecule has 2 aromatic carbocycles. The number of fused-ring (bicyclic) bond motifs is 1. The highest BCUT2D eigenvalue weighted by Gasteiger charge is 2.43. The molecule has 690 valence electrons. The molecular formula is C79H119N21O25. The maximum absolute atomic E-state index is 14.7. The number of hydrogen-bond donors (Lipinski definition) is 25. The Bertz CT molecular complexity index is 4330. The number of aromatic amines is 1. The minimum atomic E-state index is -1.97. The second-order valence-electron chi connectivity index (χ2n) is 31.5. The minimum Gasteiger partial charge on any atom is -0.481 e. The van der Waals surface area contributed by atoms with Crippen LogP contribution in [0.4, 0.5) is 0 Å². The zero-order chi connectivity index (χ0) is 94.0. The fourth-order valence-corrected chi connectivity index (χ4v) is 13.0. The number of amides is 18. The van der Waals surface area contributed by atoms with Gasteiger partial charge in [-0.25, -0.2) is 0 Å². The van der Waals surface area contributed by atoms with Crippen molar-refractivity contribution in [3.8, 4) is 0 Å². The van der Waals surface area contributed by atoms with E-state index in [0.717, 1.165) is 18.7 Å². The number of para-hydroxylation sites is 1. The van der Waals surface area contributed by atoms with Crippen LogP contribution in [-0.2, 0) is 109 Å². The number of likely N-dealkylation sites (tertiary alicyclic amines) is 1. The number of H-pyrrole nitrogens is 1. The number of nitrogens with one attached hydrogen (secondary N) is 15. The van der Waals surface area contributed by atoms with E-state index < -0.39 is 272 Å². The molecule has 1 saturated heterocycles. The lowest BCUT2D eigenvalue weighted by Crippen LogP contribution is -2.63. The van der Waals surface area contributed by atoms with E-state index in [1.807, 2.05) is 0 Å². The summed E-state index contributed by atoms with van der Waals surface area (Å²) in [6.45, 7) is 10.5. The largest absolute Gasteiger partial charge is 0.481 e. The van der Waals surface area contributed by atoms with Crippen LogP contribution in [0.3, 0.4) is 0 Å². The lowest BCUT2D eigenvalue weighted by molar-refractivity contribution is -0.144. The van der Waals surface area contributed by atoms with Crippen molar-refractivity contribution in [3.63, 3.8) is 0 Å². The number of nitrogens with two attached hydrogens (primary N) is 5. The predicted octanol–water partition coefficient (Wildman–Crippen LogP) is -8.86. The Morgan fingerprint density at radius 1 is 0.472 bits per heavy atom. The standard InChI is InChI=1S/C79H119N21O25/c1-36(2)26-47(90-70(115)52(32-60(108)109)93-74(119)61(84)37(3)4)67(112)95-53(31-58(83)106)78(123)100-25-17-23-55(100)73(118)96-54(35-101)72(117)92-51(30-57(82)105)71(116)97-62(38(5)6)75(120)86-34-59(107)88-49(28-43-33-85-45-21-14-13-20-44(43)45)68(113)91-50(29-56(81)104)69(114)89-46(22-15-16-24-80)65(110)98-64(41(9)103)77(122)99-63(40(8)102)76(121)94-48(27-42-18-11-10-12-19-42)66(111)87-39(7)79(124)125/h10-14,18-21,33,36-41,46-55,61-64,85,101-103H,15-17,22-32,34-35,80,84H2,1-9H3,(H2,81,104)(H2,82,105)(H2,83,106)(H,86,120)(H,87,111)(H,88,107)(H,89,114)(H,90,115)(H,91,113)(H,92,117)(H,93,119)(H,94,121)(H,95,112)(H,96,118)(H,97,116)(H,98,110)(H,99,122)(H,108,109)(H,124,125)/t39-,40+,41+,46-,47-,48-,49-,50-,51-,52-,53-,54-,55-,61-,62-,63-,64-/m0/s1. The van der Waals surface area contributed by atoms with E-state index in [1.54, 1.807) is 82.3 Å². The van der Waals surface area contributed by atoms with Crippen LogP contribution in [0, 0.1) is 17.8 Å². The number of nitrogens with zero attached hydrogens (tertiary/aromatic N) is 1. The summed E-state index contributed by atoms with van der Waals surface area (Å²) in [5.74, 6) is -24.9. The normalized spacial score (nSPS) is 16.3. The van der Waals surface area contributed by atoms with Gasteiger partial charge in [-0.2, -0.15) is 0 Å². The van der Waals surface area contributed by atoms with Crippen LogP contribution >= 0.6 is 0 Å². The molecule has 1 aromatic heterocycles. The Morgan fingerprint density at radius 2 is 0.928 bits per heavy atom. The summed E-state index contributed by atoms with van der Waals surface area (Å²) in [5, 5.41) is 84.6. The van der Waals surface area contributed by atoms with Crippen molar-refractivity contribution in [3.05, 3.63) is 71.9 Å². The molecule has 0 aliphatic carbocycles. The molecule has 0 bridgehead atoms. The zero-order valence-electron chi connectivity index (χ0n) is 70.9. The molecule has 0 spiro atoms. The van der Waals surface area contributed by atoms with E-state index in [-0.39, 0.29) is 70.4 Å². The topological polar surface area (TPSA) is 760 Å². The van der Waals surface area contributed by atoms with Crippen molar-refractivity contribution >= 4 is 129 Å². The monoisotopic (exact) mass is 1760 g/mol. The van der Waals surface area contributed by atoms with Gasteiger partial charge in [-0.05, 0) is 101 Å². The van der Waals surface area contributed by atoms with Crippen LogP contribution in [0.5, 0.6) is 0 Å². The molecule has 3 aromatic rings. The average Bonchev–Trinajstić information content (AvgIpc) is 1.76. The molecule has 2 heterocycles. The highest BCUT2D eigenvalue weighted by Crippen LogP contribution is 2.23. The van der Waals surface area contributed by atoms with Gasteiger partial charge in [-0.1, -0.05) is 90.1 Å². The predicted molar refractivity (Wildman–Crippen MR) is 442 cm³/mol. The molecule has 1 fully saturated rings. The van der Waals surface area contributed by atoms with Gasteiger partial charge >= 0.3 is 11.9 Å². The number of rotatable bonds is 53. The molecule has 0 saturated carbocycles. The number of aromatic nitrogens is 1. The van der Waals surface area contributed by atoms with Gasteiger partial charge in [-0.3, -0.25) is 95.9 Å². The summed E-state index contributed by atoms with van der Waals surface area (Å²) in [6, 6.07) is -10.4. The smallest absolute Gasteiger partial charge is 0.325 e. The van der Waals surface area contributed by atoms with Gasteiger partial charge in [0.2, 0.25) is 106 Å². The van der Waals surface area contributed by atoms with E-state index in [1.165, 1.54) is 27.0 Å². The van der Waals surface area contributed by atoms with Crippen molar-refractivity contribution in [1.29, 1.82) is 0 Å². The maximum atomic E-state index is 14.7. The lowest BCUT2D eigenvalue weighted by atomic mass is 10.0. The molecule has 0 unspecified atom stereocenters. The SMILES string of the molecule is CC(C)C[C@H](NC(=O)[C@H](CC(=O)O)NC(=O)[C@@H](N)C(C)C)C(=O)N[C@@H](CC(N)=O)C(=O)N1CCC[C@H]1C(=O)N[C@@H](CO)C(=O)N[C@@H](CC(N)=O)C(=O)N[C@H](C(=O)NCC(=O)N[C@@H](Cc1c[nH]c2ccccc12)C(=O)N[C@@H](CC(N)=O)C(=O)N[C@@H](CCCCN)C(=O)N[C@H](C(=O)N[C@H](C(=O)N[C@@H](Cc1ccccc1)C(=O)N[C@@H](C)C(=O)O)[C@@H](C)O)[C@@H](C)O)C(C)C. The number of aliphatic carboxylic acids is 2. The van der Waals surface area contributed by atoms with E-state index in [0.29, 0.717) is 22.0 Å². The van der Waals surface area contributed by atoms with Crippen LogP contribution in [0.15, 0.2) is 60.8 Å². The summed E-state index contributed by atoms with van der Waals surface area (Å²) in [5.41, 5.74) is 29.8. The number of carbonyl (C=O) groups excluding carboxylic acids is 18. The number of carboxylic acid groups (broad SMARTS) is 2. The van der Waals surface area contributed by atoms with E-state index in [2.05, 4.69) is 79.4 Å². The van der Waals surface area contributed by atoms with Gasteiger partial charge in [0.05, 0.1) is 57.1 Å². The number of carbonyl (C=O) groups is 20. The van der Waals surface area contributed by atoms with Gasteiger partial charge in [-0.15, -0.1) is 0 Å². The van der Waals surface area contributed by atoms with E-state index >= 15 is 0 Å². The van der Waals surface area contributed by atoms with Crippen molar-refractivity contribution in [1.82, 2.24) is 84.3 Å². The fraction of sp³-hybridized carbons (Fsp3) is 0.570. The van der Waals surface area contributed by atoms with Crippen LogP contribution in [-0.4, -0.2) is 283 Å². The summed E-state index contributed by atoms with van der Waals surface area (Å²) >= 11 is 0. The number of aliphatic hydroxyl groups is 3. The molecule has 46 heteroatoms. The third kappa shape index (κ3) is 34.1. The molecule has 17 atom stereocenters. The van der Waals surface area contributed by atoms with Crippen molar-refractivity contribution in [2.45, 2.75) is 242 Å². The lowest BCUT2D eigenvalue weighted by Gasteiger charge is -2.31. The third-order valence-electron chi connectivity index (χ3n) is 19.9. The van der Waals surface area contributed by atoms with E-state index in [9.17, 15) is 121 Å². The second-order valence-corrected chi connectivity index (χ2v) is 31.5. The van der Waals surface area contributed by atoms with Gasteiger partial charge in [0.25, 0.3) is 0 Å². The van der Waals surface area contributed by atoms with Crippen molar-refractivity contribution < 1.29 is 121 Å². The van der Waals surface area contributed by atoms with Crippen LogP contribution in [0.2, 0.25) is 0 Å². The second kappa shape index (κ2) is 50.7. The molecular weight excluding hydrogens is 1640 g/mol. The Morgan fingerprint density at radius 3 is 1.46 bits per heavy atom. The van der Waals surface area contributed by atoms with E-state index in [4.69, 9.17) is 28.7 Å². The molecule has 1 aliphatic rings. The molecule has 1 aliphatic heterocycles. The molecule has 18 amide bonds. The number of primary amides is 3. The maximum Gasteiger partial charge on any atom is 0.325 e. The highest BCUT2D eigenvalue weighted by molar-refractivity contribution is 6.03. The fourth-order valence-electron chi connectivity index (χ4n) is 13.0. The van der Waals surface area contributed by atoms with Crippen LogP contribution < -0.4 is 103 Å². The first kappa shape index (κ1) is 105. The highest BCUT2D eigenvalue weighted by atomic mass is 16.4. The Balaban J connectivity index is 1.53. The summed E-state index contributed by atoms with van der Waals surface area (Å²) in [4.78, 5) is 275. The van der Waals surface area contributed by atoms with Gasteiger partial charge in [0.15, 0.2) is 0 Å². The first-order valence-electron chi connectivity index (χ1n) is 40.5. The number of carboxylic acids is 2. The van der Waals surface area contributed by atoms with Gasteiger partial charge in [0, 0.05) is 36.5 Å². The van der Waals surface area contributed by atoms with Crippen LogP contribution in [0.1, 0.15) is 138 Å². The summed E-state index contributed by atoms with van der Waals surface area (Å²) in [7, 11) is 0. The minimum absolute atomic E-state index is 0.0789. The summed E-state index contributed by atoms with van der Waals surface area (Å²) < 4.78 is 0. The van der Waals surface area contributed by atoms with Gasteiger partial charge in [0.1, 0.15) is 84.6 Å². The Kier molecular flexibility index (Phi) is 42.4. The number of unbranched alkanes of at least 4 members (excludes halogenated alkanes) is 1. The number of hydrogen-bond acceptors (Lipinski definition) is 25. The quantitative estimate of drug-likeness (QED) is 0.0233. The van der Waals surface area contributed by atoms with Crippen molar-refractivity contribution in [2.75, 3.05) is 26.2 Å². The van der Waals surface area contributed by atoms with Gasteiger partial charge < -0.3 is 139 Å². The zero-order valence-corrected chi connectivity index (χ0v) is 70.9. The molecule has 125 heavy (non-hydrogen) atoms.